The number of fused-ring (bicyclic) bond motifs is 1. The Kier molecular flexibility index (Phi) is 2.40. The molecule has 1 aliphatic heterocycles. The van der Waals surface area contributed by atoms with E-state index in [-0.39, 0.29) is 11.9 Å². The summed E-state index contributed by atoms with van der Waals surface area (Å²) in [7, 11) is 1.79. The van der Waals surface area contributed by atoms with Crippen LogP contribution in [-0.2, 0) is 4.79 Å². The van der Waals surface area contributed by atoms with Gasteiger partial charge in [-0.25, -0.2) is 0 Å². The summed E-state index contributed by atoms with van der Waals surface area (Å²) in [5.74, 6) is 0.119. The summed E-state index contributed by atoms with van der Waals surface area (Å²) in [6, 6.07) is 5.82. The van der Waals surface area contributed by atoms with Crippen LogP contribution in [0.4, 0.5) is 11.4 Å². The molecule has 3 rings (SSSR count). The van der Waals surface area contributed by atoms with Gasteiger partial charge in [0.2, 0.25) is 5.91 Å². The molecule has 0 radical (unpaired) electrons. The number of carbonyl (C=O) groups is 2. The molecule has 18 heavy (non-hydrogen) atoms. The molecule has 1 aromatic carbocycles. The summed E-state index contributed by atoms with van der Waals surface area (Å²) in [6.45, 7) is 1.94. The first kappa shape index (κ1) is 11.3. The first-order chi connectivity index (χ1) is 8.63. The monoisotopic (exact) mass is 244 g/mol. The van der Waals surface area contributed by atoms with Gasteiger partial charge in [-0.15, -0.1) is 0 Å². The Balaban J connectivity index is 2.15. The van der Waals surface area contributed by atoms with Gasteiger partial charge in [0.05, 0.1) is 11.4 Å². The molecule has 1 saturated carbocycles. The van der Waals surface area contributed by atoms with Gasteiger partial charge in [-0.2, -0.15) is 0 Å². The van der Waals surface area contributed by atoms with E-state index in [0.717, 1.165) is 30.5 Å². The average Bonchev–Trinajstić information content (AvgIpc) is 3.20. The number of rotatable bonds is 2. The Bertz CT molecular complexity index is 523. The summed E-state index contributed by atoms with van der Waals surface area (Å²) in [5.41, 5.74) is 2.57. The van der Waals surface area contributed by atoms with Gasteiger partial charge >= 0.3 is 0 Å². The zero-order chi connectivity index (χ0) is 12.9. The normalized spacial score (nSPS) is 23.0. The van der Waals surface area contributed by atoms with Crippen molar-refractivity contribution in [1.82, 2.24) is 0 Å². The highest BCUT2D eigenvalue weighted by atomic mass is 16.2. The molecule has 0 N–H and O–H groups in total. The lowest BCUT2D eigenvalue weighted by molar-refractivity contribution is -0.119. The summed E-state index contributed by atoms with van der Waals surface area (Å²) in [5, 5.41) is 0. The standard InChI is InChI=1S/C14H16N2O2/c1-9-14(18)15(2)12-6-3-10(8-17)7-13(12)16(9)11-4-5-11/h3,6-9,11H,4-5H2,1-2H3. The highest BCUT2D eigenvalue weighted by Crippen LogP contribution is 2.42. The third kappa shape index (κ3) is 1.52. The van der Waals surface area contributed by atoms with Crippen LogP contribution in [0.3, 0.4) is 0 Å². The second kappa shape index (κ2) is 3.83. The van der Waals surface area contributed by atoms with E-state index >= 15 is 0 Å². The number of likely N-dealkylation sites (N-methyl/N-ethyl adjacent to an activating group) is 1. The Morgan fingerprint density at radius 3 is 2.61 bits per heavy atom. The molecule has 94 valence electrons. The van der Waals surface area contributed by atoms with Gasteiger partial charge in [-0.3, -0.25) is 9.59 Å². The van der Waals surface area contributed by atoms with Crippen molar-refractivity contribution in [2.75, 3.05) is 16.8 Å². The predicted molar refractivity (Wildman–Crippen MR) is 70.2 cm³/mol. The van der Waals surface area contributed by atoms with Crippen molar-refractivity contribution < 1.29 is 9.59 Å². The summed E-state index contributed by atoms with van der Waals surface area (Å²) in [4.78, 5) is 27.0. The van der Waals surface area contributed by atoms with Crippen LogP contribution in [0.2, 0.25) is 0 Å². The Labute approximate surface area is 106 Å². The molecule has 1 aromatic rings. The van der Waals surface area contributed by atoms with E-state index in [9.17, 15) is 9.59 Å². The Morgan fingerprint density at radius 2 is 2.00 bits per heavy atom. The molecule has 4 heteroatoms. The molecule has 0 aromatic heterocycles. The zero-order valence-corrected chi connectivity index (χ0v) is 10.6. The molecule has 1 heterocycles. The smallest absolute Gasteiger partial charge is 0.249 e. The quantitative estimate of drug-likeness (QED) is 0.745. The van der Waals surface area contributed by atoms with Crippen molar-refractivity contribution in [3.05, 3.63) is 23.8 Å². The first-order valence-electron chi connectivity index (χ1n) is 6.28. The van der Waals surface area contributed by atoms with Crippen molar-refractivity contribution >= 4 is 23.6 Å². The third-order valence-electron chi connectivity index (χ3n) is 3.82. The molecule has 0 bridgehead atoms. The fraction of sp³-hybridized carbons (Fsp3) is 0.429. The van der Waals surface area contributed by atoms with Crippen molar-refractivity contribution in [3.8, 4) is 0 Å². The molecule has 1 amide bonds. The van der Waals surface area contributed by atoms with Crippen LogP contribution >= 0.6 is 0 Å². The molecule has 1 atom stereocenters. The molecule has 2 aliphatic rings. The molecular weight excluding hydrogens is 228 g/mol. The van der Waals surface area contributed by atoms with Gasteiger partial charge in [-0.05, 0) is 38.0 Å². The molecule has 1 fully saturated rings. The Hall–Kier alpha value is -1.84. The number of nitrogens with zero attached hydrogens (tertiary/aromatic N) is 2. The van der Waals surface area contributed by atoms with Crippen LogP contribution < -0.4 is 9.80 Å². The van der Waals surface area contributed by atoms with E-state index in [0.29, 0.717) is 11.6 Å². The van der Waals surface area contributed by atoms with Crippen LogP contribution in [0.15, 0.2) is 18.2 Å². The highest BCUT2D eigenvalue weighted by Gasteiger charge is 2.41. The average molecular weight is 244 g/mol. The topological polar surface area (TPSA) is 40.6 Å². The number of benzene rings is 1. The van der Waals surface area contributed by atoms with Crippen molar-refractivity contribution in [3.63, 3.8) is 0 Å². The number of anilines is 2. The van der Waals surface area contributed by atoms with Gasteiger partial charge in [0.15, 0.2) is 0 Å². The minimum absolute atomic E-state index is 0.119. The van der Waals surface area contributed by atoms with E-state index in [1.54, 1.807) is 18.0 Å². The molecule has 4 nitrogen and oxygen atoms in total. The van der Waals surface area contributed by atoms with Gasteiger partial charge in [0.1, 0.15) is 12.3 Å². The molecule has 0 saturated heterocycles. The number of carbonyl (C=O) groups excluding carboxylic acids is 2. The molecular formula is C14H16N2O2. The molecule has 1 aliphatic carbocycles. The van der Waals surface area contributed by atoms with E-state index in [1.165, 1.54) is 0 Å². The highest BCUT2D eigenvalue weighted by molar-refractivity contribution is 6.05. The lowest BCUT2D eigenvalue weighted by Crippen LogP contribution is -2.51. The van der Waals surface area contributed by atoms with E-state index < -0.39 is 0 Å². The van der Waals surface area contributed by atoms with Gasteiger partial charge < -0.3 is 9.80 Å². The first-order valence-corrected chi connectivity index (χ1v) is 6.28. The summed E-state index contributed by atoms with van der Waals surface area (Å²) in [6.07, 6.45) is 3.12. The second-order valence-electron chi connectivity index (χ2n) is 5.08. The largest absolute Gasteiger partial charge is 0.355 e. The number of hydrogen-bond acceptors (Lipinski definition) is 3. The van der Waals surface area contributed by atoms with Crippen LogP contribution in [0.25, 0.3) is 0 Å². The SMILES string of the molecule is CC1C(=O)N(C)c2ccc(C=O)cc2N1C1CC1. The number of aldehydes is 1. The van der Waals surface area contributed by atoms with Gasteiger partial charge in [-0.1, -0.05) is 0 Å². The van der Waals surface area contributed by atoms with Crippen molar-refractivity contribution in [1.29, 1.82) is 0 Å². The maximum atomic E-state index is 12.2. The fourth-order valence-electron chi connectivity index (χ4n) is 2.70. The van der Waals surface area contributed by atoms with E-state index in [1.807, 2.05) is 19.1 Å². The van der Waals surface area contributed by atoms with Crippen LogP contribution in [0, 0.1) is 0 Å². The lowest BCUT2D eigenvalue weighted by atomic mass is 10.1. The number of hydrogen-bond donors (Lipinski definition) is 0. The van der Waals surface area contributed by atoms with Crippen LogP contribution in [0.1, 0.15) is 30.1 Å². The van der Waals surface area contributed by atoms with Crippen molar-refractivity contribution in [2.45, 2.75) is 31.8 Å². The molecule has 1 unspecified atom stereocenters. The maximum absolute atomic E-state index is 12.2. The maximum Gasteiger partial charge on any atom is 0.249 e. The third-order valence-corrected chi connectivity index (χ3v) is 3.82. The molecule has 0 spiro atoms. The second-order valence-corrected chi connectivity index (χ2v) is 5.08. The fourth-order valence-corrected chi connectivity index (χ4v) is 2.70. The van der Waals surface area contributed by atoms with Crippen LogP contribution in [0.5, 0.6) is 0 Å². The summed E-state index contributed by atoms with van der Waals surface area (Å²) >= 11 is 0. The Morgan fingerprint density at radius 1 is 1.28 bits per heavy atom. The van der Waals surface area contributed by atoms with Crippen molar-refractivity contribution in [2.24, 2.45) is 0 Å². The van der Waals surface area contributed by atoms with Gasteiger partial charge in [0, 0.05) is 18.7 Å². The van der Waals surface area contributed by atoms with E-state index in [2.05, 4.69) is 4.90 Å². The lowest BCUT2D eigenvalue weighted by Gasteiger charge is -2.40. The minimum Gasteiger partial charge on any atom is -0.355 e. The van der Waals surface area contributed by atoms with Crippen LogP contribution in [-0.4, -0.2) is 31.3 Å². The van der Waals surface area contributed by atoms with E-state index in [4.69, 9.17) is 0 Å². The van der Waals surface area contributed by atoms with Gasteiger partial charge in [0.25, 0.3) is 0 Å². The minimum atomic E-state index is -0.142. The predicted octanol–water partition coefficient (Wildman–Crippen LogP) is 1.83. The number of amides is 1. The summed E-state index contributed by atoms with van der Waals surface area (Å²) < 4.78 is 0. The zero-order valence-electron chi connectivity index (χ0n) is 10.6.